The Morgan fingerprint density at radius 1 is 1.08 bits per heavy atom. The van der Waals surface area contributed by atoms with Gasteiger partial charge < -0.3 is 20.3 Å². The van der Waals surface area contributed by atoms with Crippen molar-refractivity contribution >= 4 is 35.2 Å². The summed E-state index contributed by atoms with van der Waals surface area (Å²) in [5.74, 6) is -0.122. The molecule has 0 aliphatic carbocycles. The lowest BCUT2D eigenvalue weighted by Crippen LogP contribution is -2.57. The number of nitrogens with zero attached hydrogens (tertiary/aromatic N) is 2. The quantitative estimate of drug-likeness (QED) is 0.224. The number of ether oxygens (including phenoxy) is 1. The van der Waals surface area contributed by atoms with Gasteiger partial charge in [0.2, 0.25) is 11.8 Å². The Hall–Kier alpha value is -0.800. The maximum atomic E-state index is 13.5. The Balaban J connectivity index is 1.17. The number of carbonyl (C=O) groups excluding carboxylic acids is 2. The zero-order valence-electron chi connectivity index (χ0n) is 22.0. The van der Waals surface area contributed by atoms with Crippen LogP contribution in [0.25, 0.3) is 0 Å². The van der Waals surface area contributed by atoms with Crippen LogP contribution in [-0.2, 0) is 14.3 Å². The second-order valence-electron chi connectivity index (χ2n) is 11.4. The van der Waals surface area contributed by atoms with Crippen molar-refractivity contribution < 1.29 is 23.1 Å². The number of rotatable bonds is 6. The number of nitrogens with one attached hydrogen (secondary N) is 5. The molecule has 0 bridgehead atoms. The molecular formula is C24H40ClF2N7O3S. The number of halogens is 3. The predicted molar refractivity (Wildman–Crippen MR) is 141 cm³/mol. The Kier molecular flexibility index (Phi) is 9.05. The minimum Gasteiger partial charge on any atom is -0.380 e. The first-order valence-corrected chi connectivity index (χ1v) is 15.0. The van der Waals surface area contributed by atoms with Crippen LogP contribution >= 0.6 is 23.4 Å². The fraction of sp³-hybridized carbons (Fsp3) is 0.917. The maximum absolute atomic E-state index is 13.5. The molecule has 216 valence electrons. The van der Waals surface area contributed by atoms with E-state index in [1.54, 1.807) is 30.7 Å². The highest BCUT2D eigenvalue weighted by atomic mass is 35.5. The Labute approximate surface area is 232 Å². The molecule has 11 unspecified atom stereocenters. The number of hydrogen-bond donors (Lipinski definition) is 5. The van der Waals surface area contributed by atoms with Gasteiger partial charge in [0, 0.05) is 56.7 Å². The summed E-state index contributed by atoms with van der Waals surface area (Å²) in [6.45, 7) is 3.40. The first-order chi connectivity index (χ1) is 18.1. The first-order valence-electron chi connectivity index (χ1n) is 13.6. The second-order valence-corrected chi connectivity index (χ2v) is 13.3. The van der Waals surface area contributed by atoms with Gasteiger partial charge in [-0.3, -0.25) is 20.2 Å². The Morgan fingerprint density at radius 2 is 1.87 bits per heavy atom. The zero-order valence-corrected chi connectivity index (χ0v) is 23.6. The summed E-state index contributed by atoms with van der Waals surface area (Å²) in [7, 11) is 1.72. The molecule has 0 aromatic heterocycles. The number of likely N-dealkylation sites (tertiary alicyclic amines) is 1. The number of alkyl halides is 3. The molecule has 0 aromatic rings. The third kappa shape index (κ3) is 5.95. The lowest BCUT2D eigenvalue weighted by Gasteiger charge is -2.45. The van der Waals surface area contributed by atoms with E-state index in [-0.39, 0.29) is 64.0 Å². The number of fused-ring (bicyclic) bond motifs is 1. The first kappa shape index (κ1) is 28.7. The molecule has 2 amide bonds. The monoisotopic (exact) mass is 579 g/mol. The minimum atomic E-state index is -2.73. The van der Waals surface area contributed by atoms with Gasteiger partial charge in [-0.2, -0.15) is 13.8 Å². The molecule has 5 aliphatic rings. The molecule has 5 heterocycles. The van der Waals surface area contributed by atoms with Crippen LogP contribution in [0.4, 0.5) is 8.78 Å². The third-order valence-corrected chi connectivity index (χ3v) is 10.5. The minimum absolute atomic E-state index is 0.000586. The molecule has 0 spiro atoms. The number of hydrazine groups is 1. The average Bonchev–Trinajstić information content (AvgIpc) is 3.56. The molecule has 5 fully saturated rings. The second kappa shape index (κ2) is 12.0. The van der Waals surface area contributed by atoms with Gasteiger partial charge in [0.1, 0.15) is 11.5 Å². The van der Waals surface area contributed by atoms with E-state index in [2.05, 4.69) is 33.6 Å². The van der Waals surface area contributed by atoms with Crippen LogP contribution in [-0.4, -0.2) is 108 Å². The number of methoxy groups -OCH3 is 1. The summed E-state index contributed by atoms with van der Waals surface area (Å²) in [6.07, 6.45) is 2.00. The molecular weight excluding hydrogens is 540 g/mol. The van der Waals surface area contributed by atoms with Crippen LogP contribution < -0.4 is 26.7 Å². The van der Waals surface area contributed by atoms with Crippen LogP contribution in [0.15, 0.2) is 0 Å². The summed E-state index contributed by atoms with van der Waals surface area (Å²) in [4.78, 5) is 28.3. The SMILES string of the molecule is COC1CNC(Cl)CC1C1CC(C)NCC1C(=O)NC1NC2CN(C(=O)C3CC(C)NN3C(F)F)CC2S1. The van der Waals surface area contributed by atoms with Gasteiger partial charge in [0.05, 0.1) is 17.5 Å². The van der Waals surface area contributed by atoms with Gasteiger partial charge >= 0.3 is 6.55 Å². The molecule has 38 heavy (non-hydrogen) atoms. The maximum Gasteiger partial charge on any atom is 0.307 e. The van der Waals surface area contributed by atoms with E-state index in [9.17, 15) is 18.4 Å². The summed E-state index contributed by atoms with van der Waals surface area (Å²) in [5.41, 5.74) is 2.31. The molecule has 11 atom stereocenters. The van der Waals surface area contributed by atoms with Gasteiger partial charge in [-0.15, -0.1) is 23.4 Å². The van der Waals surface area contributed by atoms with Crippen molar-refractivity contribution in [1.82, 2.24) is 36.6 Å². The van der Waals surface area contributed by atoms with Crippen molar-refractivity contribution in [2.45, 2.75) is 86.2 Å². The average molecular weight is 580 g/mol. The van der Waals surface area contributed by atoms with Crippen LogP contribution in [0.2, 0.25) is 0 Å². The van der Waals surface area contributed by atoms with E-state index in [4.69, 9.17) is 16.3 Å². The number of amides is 2. The summed E-state index contributed by atoms with van der Waals surface area (Å²) < 4.78 is 32.6. The highest BCUT2D eigenvalue weighted by Crippen LogP contribution is 2.39. The van der Waals surface area contributed by atoms with E-state index in [1.165, 1.54) is 0 Å². The van der Waals surface area contributed by atoms with Crippen molar-refractivity contribution in [3.8, 4) is 0 Å². The fourth-order valence-electron chi connectivity index (χ4n) is 6.91. The van der Waals surface area contributed by atoms with Gasteiger partial charge in [0.25, 0.3) is 0 Å². The van der Waals surface area contributed by atoms with E-state index in [0.29, 0.717) is 38.6 Å². The van der Waals surface area contributed by atoms with Gasteiger partial charge in [-0.1, -0.05) is 0 Å². The van der Waals surface area contributed by atoms with Gasteiger partial charge in [-0.05, 0) is 44.9 Å². The van der Waals surface area contributed by atoms with Crippen molar-refractivity contribution in [2.75, 3.05) is 33.3 Å². The van der Waals surface area contributed by atoms with Crippen LogP contribution in [0.3, 0.4) is 0 Å². The summed E-state index contributed by atoms with van der Waals surface area (Å²) in [5, 5.41) is 14.3. The highest BCUT2D eigenvalue weighted by Gasteiger charge is 2.49. The van der Waals surface area contributed by atoms with Crippen molar-refractivity contribution in [1.29, 1.82) is 0 Å². The Bertz CT molecular complexity index is 867. The van der Waals surface area contributed by atoms with E-state index in [0.717, 1.165) is 17.9 Å². The molecule has 5 rings (SSSR count). The fourth-order valence-corrected chi connectivity index (χ4v) is 8.62. The van der Waals surface area contributed by atoms with Crippen molar-refractivity contribution in [2.24, 2.45) is 17.8 Å². The smallest absolute Gasteiger partial charge is 0.307 e. The normalized spacial score (nSPS) is 44.0. The summed E-state index contributed by atoms with van der Waals surface area (Å²) in [6, 6.07) is -0.722. The van der Waals surface area contributed by atoms with Crippen LogP contribution in [0.5, 0.6) is 0 Å². The zero-order chi connectivity index (χ0) is 27.1. The van der Waals surface area contributed by atoms with E-state index < -0.39 is 12.6 Å². The summed E-state index contributed by atoms with van der Waals surface area (Å²) >= 11 is 8.04. The molecule has 5 aliphatic heterocycles. The van der Waals surface area contributed by atoms with E-state index >= 15 is 0 Å². The number of hydrogen-bond acceptors (Lipinski definition) is 9. The molecule has 0 radical (unpaired) electrons. The van der Waals surface area contributed by atoms with Crippen molar-refractivity contribution in [3.05, 3.63) is 0 Å². The molecule has 5 saturated heterocycles. The van der Waals surface area contributed by atoms with Crippen molar-refractivity contribution in [3.63, 3.8) is 0 Å². The molecule has 0 saturated carbocycles. The van der Waals surface area contributed by atoms with E-state index in [1.807, 2.05) is 0 Å². The molecule has 0 aromatic carbocycles. The number of piperidine rings is 2. The highest BCUT2D eigenvalue weighted by molar-refractivity contribution is 8.00. The molecule has 14 heteroatoms. The standard InChI is InChI=1S/C24H40ClF2N7O3S/c1-11-4-13(14-6-20(25)29-8-18(14)37-3)15(7-28-11)21(35)31-24-30-16-9-33(10-19(16)38-24)22(36)17-5-12(2)32-34(17)23(26)27/h11-20,23-24,28-30,32H,4-10H2,1-3H3,(H,31,35). The van der Waals surface area contributed by atoms with Gasteiger partial charge in [0.15, 0.2) is 0 Å². The van der Waals surface area contributed by atoms with Crippen LogP contribution in [0, 0.1) is 17.8 Å². The lowest BCUT2D eigenvalue weighted by atomic mass is 9.70. The molecule has 5 N–H and O–H groups in total. The van der Waals surface area contributed by atoms with Crippen LogP contribution in [0.1, 0.15) is 33.1 Å². The number of carbonyl (C=O) groups is 2. The predicted octanol–water partition coefficient (Wildman–Crippen LogP) is 0.296. The molecule has 10 nitrogen and oxygen atoms in total. The topological polar surface area (TPSA) is 110 Å². The Morgan fingerprint density at radius 3 is 2.58 bits per heavy atom. The number of thioether (sulfide) groups is 1. The van der Waals surface area contributed by atoms with Gasteiger partial charge in [-0.25, -0.2) is 5.43 Å². The third-order valence-electron chi connectivity index (χ3n) is 8.82. The lowest BCUT2D eigenvalue weighted by molar-refractivity contribution is -0.144. The largest absolute Gasteiger partial charge is 0.380 e.